The first kappa shape index (κ1) is 16.0. The lowest BCUT2D eigenvalue weighted by molar-refractivity contribution is -0.268. The number of hydrogen-bond donors (Lipinski definition) is 3. The predicted octanol–water partition coefficient (Wildman–Crippen LogP) is 1.20. The summed E-state index contributed by atoms with van der Waals surface area (Å²) in [6.45, 7) is 7.34. The van der Waals surface area contributed by atoms with Gasteiger partial charge < -0.3 is 29.5 Å². The summed E-state index contributed by atoms with van der Waals surface area (Å²) in [6.07, 6.45) is -3.73. The lowest BCUT2D eigenvalue weighted by atomic mass is 10.00. The first-order chi connectivity index (χ1) is 10.9. The number of hydrogen-bond acceptors (Lipinski definition) is 6. The maximum absolute atomic E-state index is 10.00. The SMILES string of the molecule is C=C1C=C(C)c2ccc(OC3OC(C)C(O)C(O)C3O)cc2O1. The van der Waals surface area contributed by atoms with Crippen molar-refractivity contribution < 1.29 is 29.5 Å². The molecule has 5 atom stereocenters. The van der Waals surface area contributed by atoms with Crippen LogP contribution in [0.25, 0.3) is 5.57 Å². The zero-order valence-corrected chi connectivity index (χ0v) is 13.0. The van der Waals surface area contributed by atoms with Gasteiger partial charge in [-0.05, 0) is 37.6 Å². The molecule has 23 heavy (non-hydrogen) atoms. The summed E-state index contributed by atoms with van der Waals surface area (Å²) >= 11 is 0. The van der Waals surface area contributed by atoms with Gasteiger partial charge in [0.2, 0.25) is 6.29 Å². The molecule has 0 spiro atoms. The van der Waals surface area contributed by atoms with Gasteiger partial charge in [-0.3, -0.25) is 0 Å². The van der Waals surface area contributed by atoms with Crippen LogP contribution in [0.5, 0.6) is 11.5 Å². The zero-order valence-electron chi connectivity index (χ0n) is 13.0. The maximum Gasteiger partial charge on any atom is 0.229 e. The summed E-state index contributed by atoms with van der Waals surface area (Å²) in [4.78, 5) is 0. The van der Waals surface area contributed by atoms with Gasteiger partial charge in [0.05, 0.1) is 6.10 Å². The standard InChI is InChI=1S/C17H20O6/c1-8-6-9(2)21-13-7-11(4-5-12(8)13)23-17-16(20)15(19)14(18)10(3)22-17/h4-7,10,14-20H,2H2,1,3H3. The van der Waals surface area contributed by atoms with Gasteiger partial charge >= 0.3 is 0 Å². The summed E-state index contributed by atoms with van der Waals surface area (Å²) in [5, 5.41) is 29.5. The van der Waals surface area contributed by atoms with Gasteiger partial charge in [0.1, 0.15) is 35.6 Å². The van der Waals surface area contributed by atoms with Crippen LogP contribution >= 0.6 is 0 Å². The van der Waals surface area contributed by atoms with Crippen LogP contribution in [0.15, 0.2) is 36.6 Å². The third-order valence-corrected chi connectivity index (χ3v) is 4.06. The molecule has 1 saturated heterocycles. The van der Waals surface area contributed by atoms with Gasteiger partial charge in [-0.25, -0.2) is 0 Å². The van der Waals surface area contributed by atoms with Crippen molar-refractivity contribution in [2.45, 2.75) is 44.6 Å². The molecule has 0 aliphatic carbocycles. The fraction of sp³-hybridized carbons (Fsp3) is 0.412. The summed E-state index contributed by atoms with van der Waals surface area (Å²) in [6, 6.07) is 5.24. The van der Waals surface area contributed by atoms with E-state index in [9.17, 15) is 15.3 Å². The van der Waals surface area contributed by atoms with E-state index in [-0.39, 0.29) is 0 Å². The van der Waals surface area contributed by atoms with Crippen LogP contribution in [-0.4, -0.2) is 46.0 Å². The minimum Gasteiger partial charge on any atom is -0.462 e. The second-order valence-corrected chi connectivity index (χ2v) is 5.85. The highest BCUT2D eigenvalue weighted by atomic mass is 16.7. The average molecular weight is 320 g/mol. The van der Waals surface area contributed by atoms with E-state index in [0.717, 1.165) is 11.1 Å². The normalized spacial score (nSPS) is 33.5. The molecule has 6 heteroatoms. The summed E-state index contributed by atoms with van der Waals surface area (Å²) < 4.78 is 16.6. The Morgan fingerprint density at radius 2 is 1.87 bits per heavy atom. The first-order valence-corrected chi connectivity index (χ1v) is 7.42. The quantitative estimate of drug-likeness (QED) is 0.759. The van der Waals surface area contributed by atoms with Crippen LogP contribution in [0.2, 0.25) is 0 Å². The van der Waals surface area contributed by atoms with Crippen molar-refractivity contribution in [1.29, 1.82) is 0 Å². The van der Waals surface area contributed by atoms with Crippen molar-refractivity contribution in [2.24, 2.45) is 0 Å². The molecule has 1 aromatic carbocycles. The lowest BCUT2D eigenvalue weighted by Crippen LogP contribution is -2.58. The van der Waals surface area contributed by atoms with E-state index in [0.29, 0.717) is 17.3 Å². The number of aliphatic hydroxyl groups excluding tert-OH is 3. The van der Waals surface area contributed by atoms with E-state index in [4.69, 9.17) is 14.2 Å². The molecule has 3 rings (SSSR count). The van der Waals surface area contributed by atoms with Crippen molar-refractivity contribution >= 4 is 5.57 Å². The van der Waals surface area contributed by atoms with E-state index in [1.807, 2.05) is 19.1 Å². The Hall–Kier alpha value is -1.86. The molecule has 0 aromatic heterocycles. The fourth-order valence-corrected chi connectivity index (χ4v) is 2.72. The highest BCUT2D eigenvalue weighted by Gasteiger charge is 2.43. The maximum atomic E-state index is 10.00. The second kappa shape index (κ2) is 5.98. The van der Waals surface area contributed by atoms with Gasteiger partial charge in [-0.15, -0.1) is 0 Å². The Morgan fingerprint density at radius 3 is 2.61 bits per heavy atom. The third kappa shape index (κ3) is 2.98. The van der Waals surface area contributed by atoms with Crippen molar-refractivity contribution in [3.63, 3.8) is 0 Å². The summed E-state index contributed by atoms with van der Waals surface area (Å²) in [5.41, 5.74) is 1.96. The van der Waals surface area contributed by atoms with Crippen molar-refractivity contribution in [3.8, 4) is 11.5 Å². The molecule has 3 N–H and O–H groups in total. The second-order valence-electron chi connectivity index (χ2n) is 5.85. The van der Waals surface area contributed by atoms with Gasteiger partial charge in [-0.1, -0.05) is 6.58 Å². The van der Waals surface area contributed by atoms with Crippen LogP contribution in [-0.2, 0) is 4.74 Å². The van der Waals surface area contributed by atoms with E-state index in [1.165, 1.54) is 0 Å². The molecule has 6 nitrogen and oxygen atoms in total. The van der Waals surface area contributed by atoms with Gasteiger partial charge in [0, 0.05) is 11.6 Å². The van der Waals surface area contributed by atoms with E-state index in [1.54, 1.807) is 19.1 Å². The van der Waals surface area contributed by atoms with Gasteiger partial charge in [0.15, 0.2) is 0 Å². The van der Waals surface area contributed by atoms with E-state index >= 15 is 0 Å². The minimum absolute atomic E-state index is 0.422. The molecule has 1 fully saturated rings. The predicted molar refractivity (Wildman–Crippen MR) is 82.8 cm³/mol. The molecule has 2 aliphatic rings. The van der Waals surface area contributed by atoms with Crippen molar-refractivity contribution in [2.75, 3.05) is 0 Å². The van der Waals surface area contributed by atoms with Crippen LogP contribution in [0.1, 0.15) is 19.4 Å². The molecule has 5 unspecified atom stereocenters. The largest absolute Gasteiger partial charge is 0.462 e. The number of allylic oxidation sites excluding steroid dienone is 2. The van der Waals surface area contributed by atoms with Crippen LogP contribution < -0.4 is 9.47 Å². The summed E-state index contributed by atoms with van der Waals surface area (Å²) in [5.74, 6) is 1.56. The van der Waals surface area contributed by atoms with Gasteiger partial charge in [0.25, 0.3) is 0 Å². The number of aliphatic hydroxyl groups is 3. The van der Waals surface area contributed by atoms with Crippen LogP contribution in [0.3, 0.4) is 0 Å². The highest BCUT2D eigenvalue weighted by Crippen LogP contribution is 2.36. The monoisotopic (exact) mass is 320 g/mol. The lowest BCUT2D eigenvalue weighted by Gasteiger charge is -2.38. The Balaban J connectivity index is 1.80. The van der Waals surface area contributed by atoms with E-state index < -0.39 is 30.7 Å². The Bertz CT molecular complexity index is 652. The third-order valence-electron chi connectivity index (χ3n) is 4.06. The van der Waals surface area contributed by atoms with Crippen molar-refractivity contribution in [1.82, 2.24) is 0 Å². The topological polar surface area (TPSA) is 88.4 Å². The van der Waals surface area contributed by atoms with E-state index in [2.05, 4.69) is 6.58 Å². The number of fused-ring (bicyclic) bond motifs is 1. The minimum atomic E-state index is -1.35. The van der Waals surface area contributed by atoms with Crippen LogP contribution in [0.4, 0.5) is 0 Å². The first-order valence-electron chi connectivity index (χ1n) is 7.42. The molecule has 124 valence electrons. The Labute approximate surface area is 134 Å². The Morgan fingerprint density at radius 1 is 1.13 bits per heavy atom. The molecule has 0 saturated carbocycles. The summed E-state index contributed by atoms with van der Waals surface area (Å²) in [7, 11) is 0. The van der Waals surface area contributed by atoms with Gasteiger partial charge in [-0.2, -0.15) is 0 Å². The molecular formula is C17H20O6. The molecule has 2 aliphatic heterocycles. The molecule has 0 radical (unpaired) electrons. The fourth-order valence-electron chi connectivity index (χ4n) is 2.72. The zero-order chi connectivity index (χ0) is 16.7. The molecule has 1 aromatic rings. The number of rotatable bonds is 2. The molecular weight excluding hydrogens is 300 g/mol. The molecule has 0 bridgehead atoms. The smallest absolute Gasteiger partial charge is 0.229 e. The Kier molecular flexibility index (Phi) is 4.16. The van der Waals surface area contributed by atoms with Crippen molar-refractivity contribution in [3.05, 3.63) is 42.2 Å². The average Bonchev–Trinajstić information content (AvgIpc) is 2.50. The molecule has 2 heterocycles. The van der Waals surface area contributed by atoms with Crippen LogP contribution in [0, 0.1) is 0 Å². The number of ether oxygens (including phenoxy) is 3. The highest BCUT2D eigenvalue weighted by molar-refractivity contribution is 5.74. The number of benzene rings is 1. The molecule has 0 amide bonds.